The molecule has 2 rings (SSSR count). The van der Waals surface area contributed by atoms with Crippen LogP contribution in [0.15, 0.2) is 29.2 Å². The molecule has 0 radical (unpaired) electrons. The summed E-state index contributed by atoms with van der Waals surface area (Å²) >= 11 is 0. The predicted octanol–water partition coefficient (Wildman–Crippen LogP) is 1.50. The SMILES string of the molecule is CCOc1ccc(S(=O)(=O)NC2CCCNC2C)cc1. The number of nitrogens with one attached hydrogen (secondary N) is 2. The van der Waals surface area contributed by atoms with Crippen LogP contribution in [0.25, 0.3) is 0 Å². The van der Waals surface area contributed by atoms with Crippen molar-refractivity contribution in [2.24, 2.45) is 0 Å². The molecule has 1 heterocycles. The van der Waals surface area contributed by atoms with Crippen LogP contribution in [0.3, 0.4) is 0 Å². The first-order chi connectivity index (χ1) is 9.53. The lowest BCUT2D eigenvalue weighted by Gasteiger charge is -2.30. The van der Waals surface area contributed by atoms with Gasteiger partial charge in [0.25, 0.3) is 0 Å². The van der Waals surface area contributed by atoms with Gasteiger partial charge in [-0.25, -0.2) is 13.1 Å². The van der Waals surface area contributed by atoms with Gasteiger partial charge in [0.05, 0.1) is 11.5 Å². The Morgan fingerprint density at radius 3 is 2.65 bits per heavy atom. The monoisotopic (exact) mass is 298 g/mol. The zero-order valence-electron chi connectivity index (χ0n) is 11.9. The normalized spacial score (nSPS) is 23.5. The summed E-state index contributed by atoms with van der Waals surface area (Å²) in [4.78, 5) is 0.277. The van der Waals surface area contributed by atoms with Crippen LogP contribution in [0.4, 0.5) is 0 Å². The Bertz CT molecular complexity index is 528. The molecule has 20 heavy (non-hydrogen) atoms. The van der Waals surface area contributed by atoms with Gasteiger partial charge in [0, 0.05) is 12.1 Å². The van der Waals surface area contributed by atoms with Crippen LogP contribution >= 0.6 is 0 Å². The quantitative estimate of drug-likeness (QED) is 0.864. The van der Waals surface area contributed by atoms with Gasteiger partial charge in [0.15, 0.2) is 0 Å². The highest BCUT2D eigenvalue weighted by Crippen LogP contribution is 2.18. The summed E-state index contributed by atoms with van der Waals surface area (Å²) in [5.74, 6) is 0.680. The summed E-state index contributed by atoms with van der Waals surface area (Å²) in [5.41, 5.74) is 0. The lowest BCUT2D eigenvalue weighted by atomic mass is 10.0. The maximum absolute atomic E-state index is 12.3. The molecular weight excluding hydrogens is 276 g/mol. The van der Waals surface area contributed by atoms with Crippen molar-refractivity contribution in [2.75, 3.05) is 13.2 Å². The molecule has 1 aromatic carbocycles. The third kappa shape index (κ3) is 3.71. The van der Waals surface area contributed by atoms with Crippen LogP contribution < -0.4 is 14.8 Å². The zero-order valence-corrected chi connectivity index (χ0v) is 12.7. The van der Waals surface area contributed by atoms with Gasteiger partial charge in [0.2, 0.25) is 10.0 Å². The Morgan fingerprint density at radius 2 is 2.05 bits per heavy atom. The van der Waals surface area contributed by atoms with E-state index in [0.717, 1.165) is 19.4 Å². The van der Waals surface area contributed by atoms with Crippen molar-refractivity contribution >= 4 is 10.0 Å². The van der Waals surface area contributed by atoms with Crippen LogP contribution in [-0.4, -0.2) is 33.7 Å². The third-order valence-corrected chi connectivity index (χ3v) is 5.02. The molecule has 0 amide bonds. The Morgan fingerprint density at radius 1 is 1.35 bits per heavy atom. The fourth-order valence-corrected chi connectivity index (χ4v) is 3.70. The predicted molar refractivity (Wildman–Crippen MR) is 78.4 cm³/mol. The molecule has 0 bridgehead atoms. The molecule has 1 aliphatic heterocycles. The van der Waals surface area contributed by atoms with Crippen LogP contribution in [0.5, 0.6) is 5.75 Å². The average molecular weight is 298 g/mol. The third-order valence-electron chi connectivity index (χ3n) is 3.51. The van der Waals surface area contributed by atoms with E-state index in [2.05, 4.69) is 10.0 Å². The lowest BCUT2D eigenvalue weighted by molar-refractivity contribution is 0.340. The molecule has 1 fully saturated rings. The molecule has 2 atom stereocenters. The van der Waals surface area contributed by atoms with Crippen molar-refractivity contribution in [1.82, 2.24) is 10.0 Å². The highest BCUT2D eigenvalue weighted by atomic mass is 32.2. The van der Waals surface area contributed by atoms with Gasteiger partial charge < -0.3 is 10.1 Å². The van der Waals surface area contributed by atoms with E-state index in [1.54, 1.807) is 24.3 Å². The summed E-state index contributed by atoms with van der Waals surface area (Å²) in [6.45, 7) is 5.41. The Labute approximate surface area is 120 Å². The van der Waals surface area contributed by atoms with Gasteiger partial charge >= 0.3 is 0 Å². The molecule has 2 unspecified atom stereocenters. The molecule has 0 aromatic heterocycles. The van der Waals surface area contributed by atoms with Crippen molar-refractivity contribution in [3.63, 3.8) is 0 Å². The molecule has 1 saturated heterocycles. The summed E-state index contributed by atoms with van der Waals surface area (Å²) in [5, 5.41) is 3.29. The molecule has 6 heteroatoms. The highest BCUT2D eigenvalue weighted by Gasteiger charge is 2.26. The number of benzene rings is 1. The van der Waals surface area contributed by atoms with E-state index in [0.29, 0.717) is 12.4 Å². The lowest BCUT2D eigenvalue weighted by Crippen LogP contribution is -2.51. The molecule has 0 saturated carbocycles. The number of ether oxygens (including phenoxy) is 1. The Balaban J connectivity index is 2.09. The minimum atomic E-state index is -3.47. The maximum atomic E-state index is 12.3. The van der Waals surface area contributed by atoms with Gasteiger partial charge in [-0.2, -0.15) is 0 Å². The zero-order chi connectivity index (χ0) is 14.6. The number of piperidine rings is 1. The van der Waals surface area contributed by atoms with Crippen LogP contribution in [-0.2, 0) is 10.0 Å². The molecule has 0 spiro atoms. The number of hydrogen-bond donors (Lipinski definition) is 2. The first-order valence-electron chi connectivity index (χ1n) is 7.01. The van der Waals surface area contributed by atoms with Crippen LogP contribution in [0.2, 0.25) is 0 Å². The average Bonchev–Trinajstić information content (AvgIpc) is 2.42. The van der Waals surface area contributed by atoms with Crippen molar-refractivity contribution in [3.05, 3.63) is 24.3 Å². The van der Waals surface area contributed by atoms with E-state index >= 15 is 0 Å². The minimum absolute atomic E-state index is 0.0553. The van der Waals surface area contributed by atoms with Crippen LogP contribution in [0, 0.1) is 0 Å². The van der Waals surface area contributed by atoms with Crippen molar-refractivity contribution in [2.45, 2.75) is 43.7 Å². The minimum Gasteiger partial charge on any atom is -0.494 e. The second-order valence-corrected chi connectivity index (χ2v) is 6.73. The topological polar surface area (TPSA) is 67.4 Å². The molecule has 112 valence electrons. The molecule has 2 N–H and O–H groups in total. The Kier molecular flexibility index (Phi) is 5.01. The van der Waals surface area contributed by atoms with Gasteiger partial charge in [0.1, 0.15) is 5.75 Å². The Hall–Kier alpha value is -1.11. The van der Waals surface area contributed by atoms with Crippen molar-refractivity contribution < 1.29 is 13.2 Å². The fraction of sp³-hybridized carbons (Fsp3) is 0.571. The highest BCUT2D eigenvalue weighted by molar-refractivity contribution is 7.89. The van der Waals surface area contributed by atoms with Gasteiger partial charge in [-0.1, -0.05) is 0 Å². The second kappa shape index (κ2) is 6.56. The second-order valence-electron chi connectivity index (χ2n) is 5.02. The molecule has 1 aromatic rings. The largest absolute Gasteiger partial charge is 0.494 e. The number of hydrogen-bond acceptors (Lipinski definition) is 4. The molecule has 0 aliphatic carbocycles. The van der Waals surface area contributed by atoms with Crippen molar-refractivity contribution in [1.29, 1.82) is 0 Å². The fourth-order valence-electron chi connectivity index (χ4n) is 2.35. The standard InChI is InChI=1S/C14H22N2O3S/c1-3-19-12-6-8-13(9-7-12)20(17,18)16-14-5-4-10-15-11(14)2/h6-9,11,14-16H,3-5,10H2,1-2H3. The van der Waals surface area contributed by atoms with E-state index in [1.807, 2.05) is 13.8 Å². The molecule has 1 aliphatic rings. The first kappa shape index (κ1) is 15.3. The van der Waals surface area contributed by atoms with E-state index in [4.69, 9.17) is 4.74 Å². The smallest absolute Gasteiger partial charge is 0.240 e. The number of rotatable bonds is 5. The first-order valence-corrected chi connectivity index (χ1v) is 8.50. The maximum Gasteiger partial charge on any atom is 0.240 e. The van der Waals surface area contributed by atoms with Gasteiger partial charge in [-0.15, -0.1) is 0 Å². The van der Waals surface area contributed by atoms with Gasteiger partial charge in [-0.3, -0.25) is 0 Å². The number of sulfonamides is 1. The summed E-state index contributed by atoms with van der Waals surface area (Å²) < 4.78 is 32.8. The molecule has 5 nitrogen and oxygen atoms in total. The van der Waals surface area contributed by atoms with Crippen molar-refractivity contribution in [3.8, 4) is 5.75 Å². The van der Waals surface area contributed by atoms with E-state index in [-0.39, 0.29) is 17.0 Å². The summed E-state index contributed by atoms with van der Waals surface area (Å²) in [6, 6.07) is 6.62. The molecular formula is C14H22N2O3S. The van der Waals surface area contributed by atoms with Crippen LogP contribution in [0.1, 0.15) is 26.7 Å². The van der Waals surface area contributed by atoms with E-state index < -0.39 is 10.0 Å². The summed E-state index contributed by atoms with van der Waals surface area (Å²) in [6.07, 6.45) is 1.85. The summed E-state index contributed by atoms with van der Waals surface area (Å²) in [7, 11) is -3.47. The van der Waals surface area contributed by atoms with Gasteiger partial charge in [-0.05, 0) is 57.5 Å². The van der Waals surface area contributed by atoms with E-state index in [9.17, 15) is 8.42 Å². The van der Waals surface area contributed by atoms with E-state index in [1.165, 1.54) is 0 Å².